The smallest absolute Gasteiger partial charge is 0.253 e. The summed E-state index contributed by atoms with van der Waals surface area (Å²) in [5.74, 6) is -0.197. The first-order chi connectivity index (χ1) is 20.0. The van der Waals surface area contributed by atoms with E-state index in [4.69, 9.17) is 10.5 Å². The van der Waals surface area contributed by atoms with Gasteiger partial charge in [0.1, 0.15) is 11.6 Å². The van der Waals surface area contributed by atoms with E-state index in [2.05, 4.69) is 22.5 Å². The van der Waals surface area contributed by atoms with Crippen LogP contribution in [0.15, 0.2) is 73.2 Å². The zero-order valence-electron chi connectivity index (χ0n) is 24.9. The molecule has 10 heteroatoms. The molecule has 1 aromatic heterocycles. The van der Waals surface area contributed by atoms with Gasteiger partial charge in [-0.1, -0.05) is 67.6 Å². The Morgan fingerprint density at radius 1 is 1.02 bits per heavy atom. The van der Waals surface area contributed by atoms with Gasteiger partial charge in [-0.2, -0.15) is 0 Å². The van der Waals surface area contributed by atoms with Crippen LogP contribution in [0.1, 0.15) is 51.7 Å². The van der Waals surface area contributed by atoms with Crippen LogP contribution in [-0.2, 0) is 31.3 Å². The van der Waals surface area contributed by atoms with Crippen LogP contribution in [0, 0.1) is 5.92 Å². The third kappa shape index (κ3) is 7.43. The Morgan fingerprint density at radius 2 is 1.64 bits per heavy atom. The Hall–Kier alpha value is -4.02. The number of amides is 3. The second-order valence-corrected chi connectivity index (χ2v) is 11.8. The number of likely N-dealkylation sites (tertiary alicyclic amines) is 1. The molecule has 0 bridgehead atoms. The van der Waals surface area contributed by atoms with E-state index < -0.39 is 28.9 Å². The maximum absolute atomic E-state index is 14.0. The Kier molecular flexibility index (Phi) is 9.80. The summed E-state index contributed by atoms with van der Waals surface area (Å²) in [6.45, 7) is 8.80. The van der Waals surface area contributed by atoms with E-state index >= 15 is 0 Å². The van der Waals surface area contributed by atoms with Gasteiger partial charge in [-0.05, 0) is 50.7 Å². The summed E-state index contributed by atoms with van der Waals surface area (Å²) >= 11 is 0. The Balaban J connectivity index is 1.53. The lowest BCUT2D eigenvalue weighted by Crippen LogP contribution is -2.56. The Bertz CT molecular complexity index is 1350. The average Bonchev–Trinajstić information content (AvgIpc) is 3.45. The number of hydrogen-bond donors (Lipinski definition) is 3. The van der Waals surface area contributed by atoms with E-state index in [0.717, 1.165) is 24.0 Å². The monoisotopic (exact) mass is 574 g/mol. The van der Waals surface area contributed by atoms with Gasteiger partial charge in [0.05, 0.1) is 25.1 Å². The van der Waals surface area contributed by atoms with Gasteiger partial charge in [0.2, 0.25) is 5.91 Å². The lowest BCUT2D eigenvalue weighted by Gasteiger charge is -2.38. The fraction of sp³-hybridized carbons (Fsp3) is 0.438. The molecule has 0 spiro atoms. The van der Waals surface area contributed by atoms with Crippen molar-refractivity contribution in [3.63, 3.8) is 0 Å². The van der Waals surface area contributed by atoms with E-state index in [-0.39, 0.29) is 24.9 Å². The van der Waals surface area contributed by atoms with Crippen molar-refractivity contribution in [2.24, 2.45) is 11.7 Å². The molecule has 4 N–H and O–H groups in total. The number of nitrogens with two attached hydrogens (primary N) is 1. The number of benzene rings is 2. The molecule has 2 unspecified atom stereocenters. The first-order valence-electron chi connectivity index (χ1n) is 14.4. The van der Waals surface area contributed by atoms with E-state index in [1.807, 2.05) is 72.5 Å². The lowest BCUT2D eigenvalue weighted by molar-refractivity contribution is -0.139. The molecule has 0 radical (unpaired) electrons. The summed E-state index contributed by atoms with van der Waals surface area (Å²) < 4.78 is 7.52. The number of imidazole rings is 1. The van der Waals surface area contributed by atoms with Crippen molar-refractivity contribution in [1.82, 2.24) is 19.8 Å². The highest BCUT2D eigenvalue weighted by Crippen LogP contribution is 2.31. The molecule has 2 atom stereocenters. The van der Waals surface area contributed by atoms with E-state index in [9.17, 15) is 14.4 Å². The van der Waals surface area contributed by atoms with Crippen molar-refractivity contribution >= 4 is 23.5 Å². The van der Waals surface area contributed by atoms with Crippen molar-refractivity contribution < 1.29 is 19.1 Å². The minimum absolute atomic E-state index is 0.0273. The quantitative estimate of drug-likeness (QED) is 0.322. The number of nitrogens with one attached hydrogen (secondary N) is 2. The molecule has 3 amide bonds. The zero-order chi connectivity index (χ0) is 30.3. The Morgan fingerprint density at radius 3 is 2.26 bits per heavy atom. The fourth-order valence-electron chi connectivity index (χ4n) is 4.91. The highest BCUT2D eigenvalue weighted by atomic mass is 16.5. The largest absolute Gasteiger partial charge is 0.374 e. The van der Waals surface area contributed by atoms with Gasteiger partial charge in [-0.25, -0.2) is 4.98 Å². The van der Waals surface area contributed by atoms with Crippen molar-refractivity contribution in [3.8, 4) is 0 Å². The third-order valence-electron chi connectivity index (χ3n) is 7.78. The summed E-state index contributed by atoms with van der Waals surface area (Å²) in [6, 6.07) is 18.1. The van der Waals surface area contributed by atoms with Gasteiger partial charge in [-0.15, -0.1) is 0 Å². The van der Waals surface area contributed by atoms with Crippen LogP contribution in [0.4, 0.5) is 5.82 Å². The van der Waals surface area contributed by atoms with E-state index in [1.54, 1.807) is 30.9 Å². The van der Waals surface area contributed by atoms with Crippen LogP contribution >= 0.6 is 0 Å². The van der Waals surface area contributed by atoms with Gasteiger partial charge in [-0.3, -0.25) is 14.4 Å². The van der Waals surface area contributed by atoms with Gasteiger partial charge in [0.15, 0.2) is 5.82 Å². The summed E-state index contributed by atoms with van der Waals surface area (Å²) in [5.41, 5.74) is 5.45. The van der Waals surface area contributed by atoms with Crippen LogP contribution in [0.2, 0.25) is 0 Å². The molecule has 1 aliphatic rings. The van der Waals surface area contributed by atoms with Crippen LogP contribution in [0.3, 0.4) is 0 Å². The number of anilines is 1. The number of ether oxygens (including phenoxy) is 1. The maximum atomic E-state index is 14.0. The molecule has 10 nitrogen and oxygen atoms in total. The highest BCUT2D eigenvalue weighted by molar-refractivity contribution is 5.98. The second kappa shape index (κ2) is 13.3. The molecule has 0 saturated carbocycles. The van der Waals surface area contributed by atoms with Crippen molar-refractivity contribution in [2.75, 3.05) is 25.0 Å². The number of carbonyl (C=O) groups excluding carboxylic acids is 3. The molecule has 224 valence electrons. The van der Waals surface area contributed by atoms with Crippen LogP contribution < -0.4 is 16.4 Å². The molecular formula is C32H42N6O4. The number of rotatable bonds is 11. The number of aromatic nitrogens is 2. The molecule has 1 fully saturated rings. The van der Waals surface area contributed by atoms with Crippen LogP contribution in [0.25, 0.3) is 0 Å². The number of carbonyl (C=O) groups is 3. The summed E-state index contributed by atoms with van der Waals surface area (Å²) in [6.07, 6.45) is 5.11. The number of piperidine rings is 1. The number of nitrogens with zero attached hydrogens (tertiary/aromatic N) is 3. The predicted octanol–water partition coefficient (Wildman–Crippen LogP) is 3.28. The molecule has 2 aromatic carbocycles. The van der Waals surface area contributed by atoms with Gasteiger partial charge < -0.3 is 30.6 Å². The standard InChI is InChI=1S/C32H42N6O4/c1-23-15-17-37(18-16-23)30(41)32(4,25-13-9-6-10-14-25)38-19-27(34-22-38)36-28(39)26(35-29(40)31(2,3)33)21-42-20-24-11-7-5-8-12-24/h5-14,19,22-23,26H,15-18,20-21,33H2,1-4H3,(H,35,40)(H,36,39). The molecule has 42 heavy (non-hydrogen) atoms. The molecule has 0 aliphatic carbocycles. The minimum Gasteiger partial charge on any atom is -0.374 e. The first-order valence-corrected chi connectivity index (χ1v) is 14.4. The number of hydrogen-bond acceptors (Lipinski definition) is 6. The van der Waals surface area contributed by atoms with Gasteiger partial charge >= 0.3 is 0 Å². The van der Waals surface area contributed by atoms with Crippen LogP contribution in [-0.4, -0.2) is 63.4 Å². The molecule has 2 heterocycles. The molecule has 3 aromatic rings. The lowest BCUT2D eigenvalue weighted by atomic mass is 9.88. The molecule has 4 rings (SSSR count). The van der Waals surface area contributed by atoms with Crippen molar-refractivity contribution in [2.45, 2.75) is 64.3 Å². The molecular weight excluding hydrogens is 532 g/mol. The summed E-state index contributed by atoms with van der Waals surface area (Å²) in [7, 11) is 0. The van der Waals surface area contributed by atoms with Crippen LogP contribution in [0.5, 0.6) is 0 Å². The zero-order valence-corrected chi connectivity index (χ0v) is 24.9. The normalized spacial score (nSPS) is 16.4. The minimum atomic E-state index is -1.19. The predicted molar refractivity (Wildman–Crippen MR) is 161 cm³/mol. The topological polar surface area (TPSA) is 132 Å². The van der Waals surface area contributed by atoms with Gasteiger partial charge in [0, 0.05) is 19.3 Å². The van der Waals surface area contributed by atoms with Crippen molar-refractivity contribution in [1.29, 1.82) is 0 Å². The van der Waals surface area contributed by atoms with E-state index in [1.165, 1.54) is 0 Å². The highest BCUT2D eigenvalue weighted by Gasteiger charge is 2.41. The summed E-state index contributed by atoms with van der Waals surface area (Å²) in [5, 5.41) is 5.48. The molecule has 1 saturated heterocycles. The summed E-state index contributed by atoms with van der Waals surface area (Å²) in [4.78, 5) is 46.4. The van der Waals surface area contributed by atoms with E-state index in [0.29, 0.717) is 19.0 Å². The van der Waals surface area contributed by atoms with Gasteiger partial charge in [0.25, 0.3) is 11.8 Å². The molecule has 1 aliphatic heterocycles. The average molecular weight is 575 g/mol. The Labute approximate surface area is 247 Å². The SMILES string of the molecule is CC1CCN(C(=O)C(C)(c2ccccc2)n2cnc(NC(=O)C(COCc3ccccc3)NC(=O)C(C)(C)N)c2)CC1. The fourth-order valence-corrected chi connectivity index (χ4v) is 4.91. The van der Waals surface area contributed by atoms with Crippen molar-refractivity contribution in [3.05, 3.63) is 84.3 Å². The second-order valence-electron chi connectivity index (χ2n) is 11.8. The third-order valence-corrected chi connectivity index (χ3v) is 7.78. The first kappa shape index (κ1) is 30.9. The maximum Gasteiger partial charge on any atom is 0.253 e.